The van der Waals surface area contributed by atoms with Crippen molar-refractivity contribution in [2.24, 2.45) is 5.92 Å². The van der Waals surface area contributed by atoms with Crippen LogP contribution >= 0.6 is 0 Å². The van der Waals surface area contributed by atoms with E-state index in [1.807, 2.05) is 81.4 Å². The molecule has 0 aromatic heterocycles. The lowest BCUT2D eigenvalue weighted by atomic mass is 9.75. The second kappa shape index (κ2) is 18.0. The fourth-order valence-electron chi connectivity index (χ4n) is 8.38. The number of hydrogen-bond acceptors (Lipinski definition) is 7. The van der Waals surface area contributed by atoms with Gasteiger partial charge in [0.2, 0.25) is 11.8 Å². The summed E-state index contributed by atoms with van der Waals surface area (Å²) in [6, 6.07) is 24.3. The Morgan fingerprint density at radius 2 is 1.57 bits per heavy atom. The van der Waals surface area contributed by atoms with Crippen molar-refractivity contribution in [1.82, 2.24) is 15.5 Å². The van der Waals surface area contributed by atoms with Crippen LogP contribution in [0.3, 0.4) is 0 Å². The third-order valence-corrected chi connectivity index (χ3v) is 11.1. The predicted octanol–water partition coefficient (Wildman–Crippen LogP) is 7.20. The fourth-order valence-corrected chi connectivity index (χ4v) is 8.38. The van der Waals surface area contributed by atoms with E-state index in [9.17, 15) is 19.5 Å². The number of nitrogens with one attached hydrogen (secondary N) is 2. The van der Waals surface area contributed by atoms with E-state index in [4.69, 9.17) is 14.6 Å². The largest absolute Gasteiger partial charge is 0.481 e. The third-order valence-electron chi connectivity index (χ3n) is 11.1. The number of carboxylic acids is 1. The van der Waals surface area contributed by atoms with E-state index < -0.39 is 12.3 Å². The van der Waals surface area contributed by atoms with Crippen molar-refractivity contribution in [2.75, 3.05) is 6.54 Å². The molecule has 3 fully saturated rings. The lowest BCUT2D eigenvalue weighted by Crippen LogP contribution is -2.61. The van der Waals surface area contributed by atoms with Gasteiger partial charge in [0.1, 0.15) is 0 Å². The molecule has 6 rings (SSSR count). The van der Waals surface area contributed by atoms with Gasteiger partial charge in [-0.3, -0.25) is 19.3 Å². The summed E-state index contributed by atoms with van der Waals surface area (Å²) < 4.78 is 13.5. The molecule has 2 aliphatic heterocycles. The van der Waals surface area contributed by atoms with E-state index in [2.05, 4.69) is 27.7 Å². The summed E-state index contributed by atoms with van der Waals surface area (Å²) in [6.07, 6.45) is 6.79. The van der Waals surface area contributed by atoms with E-state index >= 15 is 0 Å². The highest BCUT2D eigenvalue weighted by Crippen LogP contribution is 2.42. The number of piperidine rings is 1. The molecule has 10 heteroatoms. The van der Waals surface area contributed by atoms with Gasteiger partial charge in [0.05, 0.1) is 24.9 Å². The van der Waals surface area contributed by atoms with Crippen molar-refractivity contribution in [3.63, 3.8) is 0 Å². The number of aliphatic hydroxyl groups is 1. The van der Waals surface area contributed by atoms with Gasteiger partial charge in [-0.25, -0.2) is 0 Å². The number of carbonyl (C=O) groups is 3. The number of aliphatic hydroxyl groups excluding tert-OH is 1. The zero-order valence-corrected chi connectivity index (χ0v) is 32.0. The zero-order valence-electron chi connectivity index (χ0n) is 32.0. The molecule has 2 saturated heterocycles. The molecule has 4 N–H and O–H groups in total. The van der Waals surface area contributed by atoms with Gasteiger partial charge in [-0.1, -0.05) is 79.6 Å². The first-order valence-electron chi connectivity index (χ1n) is 19.7. The first kappa shape index (κ1) is 39.6. The van der Waals surface area contributed by atoms with Gasteiger partial charge in [0.25, 0.3) is 0 Å². The Kier molecular flexibility index (Phi) is 13.2. The standard InChI is InChI=1S/C44H57N3O7/c1-44(2,3)46-42(52)38-23-22-32-9-4-5-11-37(32)47(38)27-36-25-39(33-16-14-29(28-48)15-17-33)54-43(53-36)34-20-18-31(19-21-34)35-10-6-8-30(24-35)26-45-40(49)12-7-13-41(50)51/h6,8,10,14-21,24,32,36-39,43,48H,4-5,7,9,11-13,22-23,25-28H2,1-3H3,(H,45,49)(H,46,52)(H,50,51)/t32-,36+,37-,38-,39-,43-/m1/s1. The van der Waals surface area contributed by atoms with Crippen LogP contribution in [0.2, 0.25) is 0 Å². The second-order valence-electron chi connectivity index (χ2n) is 16.3. The van der Waals surface area contributed by atoms with Crippen LogP contribution in [0, 0.1) is 5.92 Å². The smallest absolute Gasteiger partial charge is 0.303 e. The number of fused-ring (bicyclic) bond motifs is 1. The maximum absolute atomic E-state index is 13.8. The molecule has 1 saturated carbocycles. The molecule has 2 heterocycles. The summed E-state index contributed by atoms with van der Waals surface area (Å²) in [5, 5.41) is 24.7. The quantitative estimate of drug-likeness (QED) is 0.145. The number of aliphatic carboxylic acids is 1. The van der Waals surface area contributed by atoms with Crippen LogP contribution in [0.25, 0.3) is 11.1 Å². The van der Waals surface area contributed by atoms with Gasteiger partial charge in [-0.15, -0.1) is 0 Å². The van der Waals surface area contributed by atoms with Gasteiger partial charge >= 0.3 is 5.97 Å². The summed E-state index contributed by atoms with van der Waals surface area (Å²) in [5.74, 6) is -0.367. The molecule has 1 aliphatic carbocycles. The Morgan fingerprint density at radius 1 is 0.833 bits per heavy atom. The highest BCUT2D eigenvalue weighted by atomic mass is 16.7. The normalized spacial score (nSPS) is 24.7. The van der Waals surface area contributed by atoms with E-state index in [1.165, 1.54) is 19.3 Å². The number of hydrogen-bond donors (Lipinski definition) is 4. The molecule has 3 aliphatic rings. The van der Waals surface area contributed by atoms with Gasteiger partial charge in [-0.05, 0) is 92.7 Å². The minimum absolute atomic E-state index is 0.0197. The first-order valence-corrected chi connectivity index (χ1v) is 19.7. The number of amides is 2. The zero-order chi connectivity index (χ0) is 38.2. The van der Waals surface area contributed by atoms with Crippen LogP contribution in [0.1, 0.15) is 120 Å². The SMILES string of the molecule is CC(C)(C)NC(=O)[C@H]1CC[C@H]2CCCC[C@H]2N1C[C@@H]1C[C@H](c2ccc(CO)cc2)O[C@H](c2ccc(-c3cccc(CNC(=O)CCCC(=O)O)c3)cc2)O1. The van der Waals surface area contributed by atoms with Gasteiger partial charge < -0.3 is 30.3 Å². The monoisotopic (exact) mass is 739 g/mol. The number of nitrogens with zero attached hydrogens (tertiary/aromatic N) is 1. The van der Waals surface area contributed by atoms with Gasteiger partial charge in [-0.2, -0.15) is 0 Å². The van der Waals surface area contributed by atoms with Crippen molar-refractivity contribution < 1.29 is 34.1 Å². The molecule has 3 aromatic rings. The average Bonchev–Trinajstić information content (AvgIpc) is 3.16. The van der Waals surface area contributed by atoms with Crippen molar-refractivity contribution >= 4 is 17.8 Å². The van der Waals surface area contributed by atoms with Crippen molar-refractivity contribution in [3.8, 4) is 11.1 Å². The maximum atomic E-state index is 13.8. The molecule has 54 heavy (non-hydrogen) atoms. The van der Waals surface area contributed by atoms with Crippen LogP contribution in [-0.2, 0) is 37.0 Å². The topological polar surface area (TPSA) is 137 Å². The summed E-state index contributed by atoms with van der Waals surface area (Å²) in [6.45, 7) is 7.11. The maximum Gasteiger partial charge on any atom is 0.303 e. The lowest BCUT2D eigenvalue weighted by Gasteiger charge is -2.50. The van der Waals surface area contributed by atoms with Crippen molar-refractivity contribution in [3.05, 3.63) is 95.1 Å². The minimum Gasteiger partial charge on any atom is -0.481 e. The molecule has 0 bridgehead atoms. The third kappa shape index (κ3) is 10.6. The average molecular weight is 740 g/mol. The lowest BCUT2D eigenvalue weighted by molar-refractivity contribution is -0.255. The number of likely N-dealkylation sites (tertiary alicyclic amines) is 1. The Balaban J connectivity index is 1.20. The van der Waals surface area contributed by atoms with Gasteiger partial charge in [0.15, 0.2) is 6.29 Å². The van der Waals surface area contributed by atoms with E-state index in [-0.39, 0.29) is 55.1 Å². The van der Waals surface area contributed by atoms with E-state index in [1.54, 1.807) is 0 Å². The van der Waals surface area contributed by atoms with Crippen LogP contribution < -0.4 is 10.6 Å². The van der Waals surface area contributed by atoms with Crippen LogP contribution in [0.4, 0.5) is 0 Å². The van der Waals surface area contributed by atoms with E-state index in [0.717, 1.165) is 52.6 Å². The Hall–Kier alpha value is -4.09. The fraction of sp³-hybridized carbons (Fsp3) is 0.523. The number of benzene rings is 3. The highest BCUT2D eigenvalue weighted by Gasteiger charge is 2.44. The molecular weight excluding hydrogens is 682 g/mol. The molecule has 6 atom stereocenters. The Labute approximate surface area is 319 Å². The van der Waals surface area contributed by atoms with Crippen LogP contribution in [-0.4, -0.2) is 63.2 Å². The summed E-state index contributed by atoms with van der Waals surface area (Å²) in [5.41, 5.74) is 5.45. The molecule has 10 nitrogen and oxygen atoms in total. The summed E-state index contributed by atoms with van der Waals surface area (Å²) >= 11 is 0. The van der Waals surface area contributed by atoms with Crippen LogP contribution in [0.5, 0.6) is 0 Å². The predicted molar refractivity (Wildman–Crippen MR) is 207 cm³/mol. The number of rotatable bonds is 13. The van der Waals surface area contributed by atoms with Crippen LogP contribution in [0.15, 0.2) is 72.8 Å². The summed E-state index contributed by atoms with van der Waals surface area (Å²) in [7, 11) is 0. The molecule has 0 unspecified atom stereocenters. The number of carbonyl (C=O) groups excluding carboxylic acids is 2. The summed E-state index contributed by atoms with van der Waals surface area (Å²) in [4.78, 5) is 39.2. The molecule has 290 valence electrons. The van der Waals surface area contributed by atoms with Crippen molar-refractivity contribution in [2.45, 2.75) is 134 Å². The molecule has 3 aromatic carbocycles. The number of ether oxygens (including phenoxy) is 2. The highest BCUT2D eigenvalue weighted by molar-refractivity contribution is 5.82. The van der Waals surface area contributed by atoms with E-state index in [0.29, 0.717) is 37.9 Å². The Morgan fingerprint density at radius 3 is 2.30 bits per heavy atom. The molecule has 0 spiro atoms. The molecule has 2 amide bonds. The number of carboxylic acid groups (broad SMARTS) is 1. The van der Waals surface area contributed by atoms with Crippen molar-refractivity contribution in [1.29, 1.82) is 0 Å². The molecular formula is C44H57N3O7. The Bertz CT molecular complexity index is 1720. The molecule has 0 radical (unpaired) electrons. The minimum atomic E-state index is -0.901. The van der Waals surface area contributed by atoms with Gasteiger partial charge in [0, 0.05) is 49.5 Å². The second-order valence-corrected chi connectivity index (χ2v) is 16.3. The first-order chi connectivity index (χ1) is 26.0.